The Labute approximate surface area is 148 Å². The van der Waals surface area contributed by atoms with E-state index in [1.54, 1.807) is 18.3 Å². The van der Waals surface area contributed by atoms with Gasteiger partial charge in [-0.2, -0.15) is 0 Å². The van der Waals surface area contributed by atoms with E-state index in [0.29, 0.717) is 21.4 Å². The second-order valence-corrected chi connectivity index (χ2v) is 6.20. The minimum atomic E-state index is -0.371. The van der Waals surface area contributed by atoms with Gasteiger partial charge in [-0.3, -0.25) is 19.9 Å². The highest BCUT2D eigenvalue weighted by Crippen LogP contribution is 2.24. The van der Waals surface area contributed by atoms with Gasteiger partial charge >= 0.3 is 0 Å². The quantitative estimate of drug-likeness (QED) is 0.733. The molecule has 2 heterocycles. The molecule has 2 aromatic heterocycles. The maximum Gasteiger partial charge on any atom is 0.251 e. The van der Waals surface area contributed by atoms with Crippen LogP contribution in [0.2, 0.25) is 0 Å². The van der Waals surface area contributed by atoms with Crippen LogP contribution < -0.4 is 10.6 Å². The number of carbonyl (C=O) groups excluding carboxylic acids is 2. The van der Waals surface area contributed by atoms with Gasteiger partial charge < -0.3 is 5.32 Å². The van der Waals surface area contributed by atoms with Crippen LogP contribution in [0.25, 0.3) is 10.7 Å². The van der Waals surface area contributed by atoms with Gasteiger partial charge in [-0.15, -0.1) is 10.2 Å². The van der Waals surface area contributed by atoms with E-state index in [9.17, 15) is 9.59 Å². The van der Waals surface area contributed by atoms with Gasteiger partial charge in [0.25, 0.3) is 5.91 Å². The largest absolute Gasteiger partial charge is 0.343 e. The van der Waals surface area contributed by atoms with Gasteiger partial charge in [-0.05, 0) is 31.2 Å². The molecular weight excluding hydrogens is 338 g/mol. The number of carbonyl (C=O) groups is 2. The molecule has 3 aromatic rings. The molecule has 7 nitrogen and oxygen atoms in total. The first-order chi connectivity index (χ1) is 12.1. The summed E-state index contributed by atoms with van der Waals surface area (Å²) >= 11 is 1.22. The maximum atomic E-state index is 12.0. The van der Waals surface area contributed by atoms with Crippen molar-refractivity contribution >= 4 is 28.3 Å². The normalized spacial score (nSPS) is 10.3. The Balaban J connectivity index is 1.54. The highest BCUT2D eigenvalue weighted by atomic mass is 32.1. The second-order valence-electron chi connectivity index (χ2n) is 5.22. The Morgan fingerprint density at radius 2 is 1.88 bits per heavy atom. The van der Waals surface area contributed by atoms with Crippen LogP contribution in [0.3, 0.4) is 0 Å². The van der Waals surface area contributed by atoms with Crippen LogP contribution in [0.1, 0.15) is 15.9 Å². The van der Waals surface area contributed by atoms with E-state index < -0.39 is 0 Å². The molecule has 0 spiro atoms. The molecule has 0 aliphatic rings. The van der Waals surface area contributed by atoms with E-state index in [4.69, 9.17) is 0 Å². The van der Waals surface area contributed by atoms with Crippen LogP contribution in [-0.2, 0) is 4.79 Å². The fourth-order valence-electron chi connectivity index (χ4n) is 2.00. The molecule has 3 rings (SSSR count). The number of amides is 2. The van der Waals surface area contributed by atoms with E-state index in [1.165, 1.54) is 11.3 Å². The zero-order valence-corrected chi connectivity index (χ0v) is 14.2. The van der Waals surface area contributed by atoms with Crippen LogP contribution in [0.15, 0.2) is 48.7 Å². The summed E-state index contributed by atoms with van der Waals surface area (Å²) in [4.78, 5) is 28.1. The predicted molar refractivity (Wildman–Crippen MR) is 95.3 cm³/mol. The molecule has 0 aliphatic heterocycles. The van der Waals surface area contributed by atoms with Crippen molar-refractivity contribution in [1.82, 2.24) is 20.5 Å². The zero-order chi connectivity index (χ0) is 17.6. The predicted octanol–water partition coefficient (Wildman–Crippen LogP) is 2.28. The molecule has 8 heteroatoms. The highest BCUT2D eigenvalue weighted by molar-refractivity contribution is 7.18. The number of aromatic nitrogens is 3. The highest BCUT2D eigenvalue weighted by Gasteiger charge is 2.12. The van der Waals surface area contributed by atoms with E-state index in [0.717, 1.165) is 5.56 Å². The van der Waals surface area contributed by atoms with Crippen LogP contribution in [0.4, 0.5) is 5.13 Å². The summed E-state index contributed by atoms with van der Waals surface area (Å²) < 4.78 is 0. The van der Waals surface area contributed by atoms with Crippen molar-refractivity contribution in [3.63, 3.8) is 0 Å². The van der Waals surface area contributed by atoms with Crippen molar-refractivity contribution in [2.24, 2.45) is 0 Å². The van der Waals surface area contributed by atoms with Gasteiger partial charge in [-0.25, -0.2) is 0 Å². The molecule has 0 bridgehead atoms. The van der Waals surface area contributed by atoms with Crippen molar-refractivity contribution in [2.45, 2.75) is 6.92 Å². The van der Waals surface area contributed by atoms with Crippen molar-refractivity contribution in [1.29, 1.82) is 0 Å². The number of benzene rings is 1. The van der Waals surface area contributed by atoms with Crippen molar-refractivity contribution in [2.75, 3.05) is 11.9 Å². The molecule has 0 fully saturated rings. The number of pyridine rings is 1. The number of hydrogen-bond acceptors (Lipinski definition) is 6. The van der Waals surface area contributed by atoms with Crippen molar-refractivity contribution < 1.29 is 9.59 Å². The summed E-state index contributed by atoms with van der Waals surface area (Å²) in [5, 5.41) is 14.1. The average Bonchev–Trinajstić information content (AvgIpc) is 3.09. The van der Waals surface area contributed by atoms with Gasteiger partial charge in [0, 0.05) is 11.8 Å². The molecule has 2 N–H and O–H groups in total. The summed E-state index contributed by atoms with van der Waals surface area (Å²) in [5.74, 6) is -0.675. The monoisotopic (exact) mass is 353 g/mol. The fraction of sp³-hybridized carbons (Fsp3) is 0.118. The molecule has 0 atom stereocenters. The summed E-state index contributed by atoms with van der Waals surface area (Å²) in [7, 11) is 0. The third-order valence-electron chi connectivity index (χ3n) is 3.28. The zero-order valence-electron chi connectivity index (χ0n) is 13.4. The lowest BCUT2D eigenvalue weighted by molar-refractivity contribution is -0.115. The number of nitrogens with one attached hydrogen (secondary N) is 2. The number of nitrogens with zero attached hydrogens (tertiary/aromatic N) is 3. The molecule has 126 valence electrons. The maximum absolute atomic E-state index is 12.0. The Morgan fingerprint density at radius 3 is 2.60 bits per heavy atom. The van der Waals surface area contributed by atoms with Gasteiger partial charge in [0.05, 0.1) is 6.54 Å². The Kier molecular flexibility index (Phi) is 5.10. The Morgan fingerprint density at radius 1 is 1.08 bits per heavy atom. The van der Waals surface area contributed by atoms with Crippen molar-refractivity contribution in [3.8, 4) is 10.7 Å². The van der Waals surface area contributed by atoms with E-state index >= 15 is 0 Å². The molecule has 25 heavy (non-hydrogen) atoms. The van der Waals surface area contributed by atoms with Gasteiger partial charge in [-0.1, -0.05) is 35.1 Å². The molecule has 0 unspecified atom stereocenters. The summed E-state index contributed by atoms with van der Waals surface area (Å²) in [5.41, 5.74) is 2.26. The SMILES string of the molecule is Cc1ccc(C(=O)NCC(=O)Nc2nnc(-c3ccccn3)s2)cc1. The third kappa shape index (κ3) is 4.45. The van der Waals surface area contributed by atoms with Crippen LogP contribution in [-0.4, -0.2) is 33.5 Å². The van der Waals surface area contributed by atoms with E-state index in [1.807, 2.05) is 37.3 Å². The molecule has 0 aliphatic carbocycles. The van der Waals surface area contributed by atoms with Gasteiger partial charge in [0.15, 0.2) is 5.01 Å². The molecule has 2 amide bonds. The third-order valence-corrected chi connectivity index (χ3v) is 4.14. The van der Waals surface area contributed by atoms with Crippen LogP contribution in [0, 0.1) is 6.92 Å². The number of rotatable bonds is 5. The summed E-state index contributed by atoms with van der Waals surface area (Å²) in [6.45, 7) is 1.79. The minimum absolute atomic E-state index is 0.148. The van der Waals surface area contributed by atoms with Crippen molar-refractivity contribution in [3.05, 3.63) is 59.8 Å². The number of hydrogen-bond donors (Lipinski definition) is 2. The first-order valence-electron chi connectivity index (χ1n) is 7.51. The number of aryl methyl sites for hydroxylation is 1. The molecule has 1 aromatic carbocycles. The summed E-state index contributed by atoms with van der Waals surface area (Å²) in [6.07, 6.45) is 1.66. The van der Waals surface area contributed by atoms with Gasteiger partial charge in [0.2, 0.25) is 11.0 Å². The molecular formula is C17H15N5O2S. The molecule has 0 saturated carbocycles. The Bertz CT molecular complexity index is 878. The first kappa shape index (κ1) is 16.7. The van der Waals surface area contributed by atoms with E-state index in [2.05, 4.69) is 25.8 Å². The smallest absolute Gasteiger partial charge is 0.251 e. The lowest BCUT2D eigenvalue weighted by Crippen LogP contribution is -2.32. The Hall–Kier alpha value is -3.13. The summed E-state index contributed by atoms with van der Waals surface area (Å²) in [6, 6.07) is 12.6. The second kappa shape index (κ2) is 7.63. The standard InChI is InChI=1S/C17H15N5O2S/c1-11-5-7-12(8-6-11)15(24)19-10-14(23)20-17-22-21-16(25-17)13-4-2-3-9-18-13/h2-9H,10H2,1H3,(H,19,24)(H,20,22,23). The van der Waals surface area contributed by atoms with Crippen LogP contribution >= 0.6 is 11.3 Å². The topological polar surface area (TPSA) is 96.9 Å². The van der Waals surface area contributed by atoms with E-state index in [-0.39, 0.29) is 18.4 Å². The molecule has 0 radical (unpaired) electrons. The lowest BCUT2D eigenvalue weighted by Gasteiger charge is -2.05. The minimum Gasteiger partial charge on any atom is -0.343 e. The fourth-order valence-corrected chi connectivity index (χ4v) is 2.73. The lowest BCUT2D eigenvalue weighted by atomic mass is 10.1. The first-order valence-corrected chi connectivity index (χ1v) is 8.33. The average molecular weight is 353 g/mol. The van der Waals surface area contributed by atoms with Crippen LogP contribution in [0.5, 0.6) is 0 Å². The molecule has 0 saturated heterocycles. The number of anilines is 1. The van der Waals surface area contributed by atoms with Gasteiger partial charge in [0.1, 0.15) is 5.69 Å².